The number of hydrogen-bond donors (Lipinski definition) is 1. The van der Waals surface area contributed by atoms with Gasteiger partial charge in [-0.2, -0.15) is 0 Å². The molecule has 0 radical (unpaired) electrons. The average molecular weight is 305 g/mol. The number of carboxylic acid groups (broad SMARTS) is 1. The highest BCUT2D eigenvalue weighted by atomic mass is 16.4. The van der Waals surface area contributed by atoms with E-state index in [0.29, 0.717) is 0 Å². The Labute approximate surface area is 136 Å². The molecule has 0 saturated heterocycles. The lowest BCUT2D eigenvalue weighted by molar-refractivity contribution is -0.137. The molecule has 0 rings (SSSR count). The summed E-state index contributed by atoms with van der Waals surface area (Å²) in [6.07, 6.45) is 27.3. The van der Waals surface area contributed by atoms with Crippen molar-refractivity contribution in [3.05, 3.63) is 48.6 Å². The van der Waals surface area contributed by atoms with Crippen molar-refractivity contribution < 1.29 is 9.90 Å². The molecule has 0 amide bonds. The fourth-order valence-corrected chi connectivity index (χ4v) is 1.93. The molecule has 0 atom stereocenters. The second-order valence-electron chi connectivity index (χ2n) is 5.37. The number of aliphatic carboxylic acids is 1. The van der Waals surface area contributed by atoms with Crippen molar-refractivity contribution in [1.29, 1.82) is 0 Å². The summed E-state index contributed by atoms with van der Waals surface area (Å²) in [7, 11) is 0. The molecule has 0 fully saturated rings. The van der Waals surface area contributed by atoms with E-state index in [1.165, 1.54) is 25.7 Å². The SMILES string of the molecule is C[13CH2]CCC/C=C\C/C=C\C/C=C\C/C=C\CCCC(=O)O. The molecule has 22 heavy (non-hydrogen) atoms. The summed E-state index contributed by atoms with van der Waals surface area (Å²) in [5.41, 5.74) is 0. The fraction of sp³-hybridized carbons (Fsp3) is 0.550. The number of carbonyl (C=O) groups is 1. The van der Waals surface area contributed by atoms with Crippen LogP contribution in [-0.4, -0.2) is 11.1 Å². The minimum absolute atomic E-state index is 0.262. The van der Waals surface area contributed by atoms with Crippen molar-refractivity contribution >= 4 is 5.97 Å². The third-order valence-electron chi connectivity index (χ3n) is 3.22. The number of carboxylic acids is 1. The Kier molecular flexibility index (Phi) is 16.2. The van der Waals surface area contributed by atoms with E-state index < -0.39 is 5.97 Å². The number of rotatable bonds is 14. The topological polar surface area (TPSA) is 37.3 Å². The Morgan fingerprint density at radius 1 is 0.727 bits per heavy atom. The lowest BCUT2D eigenvalue weighted by atomic mass is 10.2. The predicted molar refractivity (Wildman–Crippen MR) is 96.0 cm³/mol. The van der Waals surface area contributed by atoms with Crippen molar-refractivity contribution in [2.75, 3.05) is 0 Å². The molecule has 0 bridgehead atoms. The fourth-order valence-electron chi connectivity index (χ4n) is 1.93. The minimum atomic E-state index is -0.712. The van der Waals surface area contributed by atoms with Crippen molar-refractivity contribution in [1.82, 2.24) is 0 Å². The zero-order valence-electron chi connectivity index (χ0n) is 14.0. The first-order chi connectivity index (χ1) is 10.8. The largest absolute Gasteiger partial charge is 0.481 e. The molecule has 0 aromatic heterocycles. The number of hydrogen-bond acceptors (Lipinski definition) is 1. The summed E-state index contributed by atoms with van der Waals surface area (Å²) in [6, 6.07) is 0. The molecule has 1 N–H and O–H groups in total. The Morgan fingerprint density at radius 3 is 1.64 bits per heavy atom. The van der Waals surface area contributed by atoms with Crippen molar-refractivity contribution in [3.8, 4) is 0 Å². The van der Waals surface area contributed by atoms with E-state index in [1.54, 1.807) is 0 Å². The Bertz CT molecular complexity index is 362. The first kappa shape index (κ1) is 20.4. The van der Waals surface area contributed by atoms with Crippen LogP contribution in [0.4, 0.5) is 0 Å². The number of unbranched alkanes of at least 4 members (excludes halogenated alkanes) is 4. The summed E-state index contributed by atoms with van der Waals surface area (Å²) in [4.78, 5) is 10.3. The van der Waals surface area contributed by atoms with Crippen LogP contribution in [0.1, 0.15) is 71.1 Å². The van der Waals surface area contributed by atoms with Crippen LogP contribution >= 0.6 is 0 Å². The highest BCUT2D eigenvalue weighted by Crippen LogP contribution is 2.01. The Morgan fingerprint density at radius 2 is 1.18 bits per heavy atom. The molecule has 0 aliphatic heterocycles. The van der Waals surface area contributed by atoms with Crippen LogP contribution in [0.15, 0.2) is 48.6 Å². The predicted octanol–water partition coefficient (Wildman–Crippen LogP) is 6.22. The molecule has 124 valence electrons. The first-order valence-electron chi connectivity index (χ1n) is 8.59. The van der Waals surface area contributed by atoms with Gasteiger partial charge < -0.3 is 5.11 Å². The van der Waals surface area contributed by atoms with E-state index in [1.807, 2.05) is 0 Å². The maximum Gasteiger partial charge on any atom is 0.303 e. The normalized spacial score (nSPS) is 12.4. The second kappa shape index (κ2) is 17.5. The third-order valence-corrected chi connectivity index (χ3v) is 3.22. The summed E-state index contributed by atoms with van der Waals surface area (Å²) in [5.74, 6) is -0.712. The molecule has 0 saturated carbocycles. The van der Waals surface area contributed by atoms with Crippen LogP contribution in [0.2, 0.25) is 0 Å². The zero-order chi connectivity index (χ0) is 16.3. The number of allylic oxidation sites excluding steroid dienone is 8. The van der Waals surface area contributed by atoms with Crippen molar-refractivity contribution in [2.24, 2.45) is 0 Å². The van der Waals surface area contributed by atoms with Gasteiger partial charge in [0.2, 0.25) is 0 Å². The van der Waals surface area contributed by atoms with Gasteiger partial charge in [0, 0.05) is 6.42 Å². The molecule has 2 nitrogen and oxygen atoms in total. The van der Waals surface area contributed by atoms with Gasteiger partial charge in [-0.1, -0.05) is 68.4 Å². The van der Waals surface area contributed by atoms with Gasteiger partial charge in [-0.15, -0.1) is 0 Å². The van der Waals surface area contributed by atoms with Gasteiger partial charge in [0.05, 0.1) is 0 Å². The lowest BCUT2D eigenvalue weighted by Crippen LogP contribution is -1.92. The molecule has 0 aliphatic carbocycles. The van der Waals surface area contributed by atoms with Gasteiger partial charge in [-0.25, -0.2) is 0 Å². The molecule has 2 heteroatoms. The molecular formula is C20H32O2. The highest BCUT2D eigenvalue weighted by Gasteiger charge is 1.92. The molecule has 0 spiro atoms. The van der Waals surface area contributed by atoms with Crippen LogP contribution in [0, 0.1) is 0 Å². The molecule has 0 aliphatic rings. The zero-order valence-corrected chi connectivity index (χ0v) is 14.0. The maximum atomic E-state index is 10.3. The van der Waals surface area contributed by atoms with Crippen LogP contribution in [0.25, 0.3) is 0 Å². The summed E-state index contributed by atoms with van der Waals surface area (Å²) in [5, 5.41) is 8.49. The van der Waals surface area contributed by atoms with Gasteiger partial charge >= 0.3 is 5.97 Å². The summed E-state index contributed by atoms with van der Waals surface area (Å²) in [6.45, 7) is 2.23. The molecule has 0 heterocycles. The van der Waals surface area contributed by atoms with E-state index in [9.17, 15) is 4.79 Å². The second-order valence-corrected chi connectivity index (χ2v) is 5.37. The van der Waals surface area contributed by atoms with Crippen molar-refractivity contribution in [2.45, 2.75) is 71.1 Å². The third kappa shape index (κ3) is 18.4. The molecule has 0 aromatic carbocycles. The van der Waals surface area contributed by atoms with E-state index in [-0.39, 0.29) is 6.42 Å². The maximum absolute atomic E-state index is 10.3. The summed E-state index contributed by atoms with van der Waals surface area (Å²) < 4.78 is 0. The van der Waals surface area contributed by atoms with Gasteiger partial charge in [0.1, 0.15) is 0 Å². The van der Waals surface area contributed by atoms with Crippen LogP contribution in [0.3, 0.4) is 0 Å². The van der Waals surface area contributed by atoms with E-state index in [4.69, 9.17) is 5.11 Å². The van der Waals surface area contributed by atoms with E-state index >= 15 is 0 Å². The minimum Gasteiger partial charge on any atom is -0.481 e. The Hall–Kier alpha value is -1.57. The van der Waals surface area contributed by atoms with Gasteiger partial charge in [0.15, 0.2) is 0 Å². The Balaban J connectivity index is 3.40. The monoisotopic (exact) mass is 305 g/mol. The van der Waals surface area contributed by atoms with Gasteiger partial charge in [-0.3, -0.25) is 4.79 Å². The molecule has 0 aromatic rings. The standard InChI is InChI=1S/C20H32O2/c1-2-3-4-5-6-7-8-9-10-11-12-13-14-15-16-17-18-19-20(21)22/h6-7,9-10,12-13,15-16H,2-5,8,11,14,17-19H2,1H3,(H,21,22)/b7-6-,10-9-,13-12-,16-15-/i2+1. The lowest BCUT2D eigenvalue weighted by Gasteiger charge is -1.90. The highest BCUT2D eigenvalue weighted by molar-refractivity contribution is 5.66. The van der Waals surface area contributed by atoms with E-state index in [0.717, 1.165) is 32.1 Å². The van der Waals surface area contributed by atoms with Crippen molar-refractivity contribution in [3.63, 3.8) is 0 Å². The van der Waals surface area contributed by atoms with Gasteiger partial charge in [-0.05, 0) is 44.9 Å². The van der Waals surface area contributed by atoms with Crippen LogP contribution < -0.4 is 0 Å². The van der Waals surface area contributed by atoms with Gasteiger partial charge in [0.25, 0.3) is 0 Å². The average Bonchev–Trinajstić information content (AvgIpc) is 2.50. The first-order valence-corrected chi connectivity index (χ1v) is 8.59. The van der Waals surface area contributed by atoms with Crippen LogP contribution in [-0.2, 0) is 4.79 Å². The summed E-state index contributed by atoms with van der Waals surface area (Å²) >= 11 is 0. The van der Waals surface area contributed by atoms with Crippen LogP contribution in [0.5, 0.6) is 0 Å². The van der Waals surface area contributed by atoms with E-state index in [2.05, 4.69) is 55.5 Å². The molecule has 0 unspecified atom stereocenters. The quantitative estimate of drug-likeness (QED) is 0.235. The molecular weight excluding hydrogens is 273 g/mol. The smallest absolute Gasteiger partial charge is 0.303 e.